The van der Waals surface area contributed by atoms with Gasteiger partial charge in [-0.25, -0.2) is 9.78 Å². The maximum atomic E-state index is 11.6. The molecule has 0 unspecified atom stereocenters. The van der Waals surface area contributed by atoms with Crippen LogP contribution in [0.4, 0.5) is 4.79 Å². The van der Waals surface area contributed by atoms with Crippen molar-refractivity contribution < 1.29 is 34.0 Å². The summed E-state index contributed by atoms with van der Waals surface area (Å²) in [5.74, 6) is 0.956. The molecule has 0 amide bonds. The Balaban J connectivity index is 1.67. The maximum Gasteiger partial charge on any atom is 0.512 e. The second kappa shape index (κ2) is 10.5. The molecule has 1 aliphatic rings. The van der Waals surface area contributed by atoms with Crippen LogP contribution in [0.2, 0.25) is 5.02 Å². The zero-order chi connectivity index (χ0) is 25.1. The first-order valence-electron chi connectivity index (χ1n) is 10.8. The molecule has 2 heterocycles. The van der Waals surface area contributed by atoms with Crippen LogP contribution in [0.15, 0.2) is 46.3 Å². The Bertz CT molecular complexity index is 1260. The molecule has 9 nitrogen and oxygen atoms in total. The summed E-state index contributed by atoms with van der Waals surface area (Å²) >= 11 is 7.74. The Morgan fingerprint density at radius 3 is 2.49 bits per heavy atom. The van der Waals surface area contributed by atoms with Crippen molar-refractivity contribution in [1.82, 2.24) is 9.55 Å². The van der Waals surface area contributed by atoms with Gasteiger partial charge in [0, 0.05) is 28.3 Å². The van der Waals surface area contributed by atoms with E-state index in [4.69, 9.17) is 35.9 Å². The predicted octanol–water partition coefficient (Wildman–Crippen LogP) is 5.66. The van der Waals surface area contributed by atoms with Crippen LogP contribution >= 0.6 is 23.4 Å². The van der Waals surface area contributed by atoms with Crippen LogP contribution in [0.1, 0.15) is 43.1 Å². The average Bonchev–Trinajstić information content (AvgIpc) is 3.38. The smallest absolute Gasteiger partial charge is 0.481 e. The molecule has 0 fully saturated rings. The van der Waals surface area contributed by atoms with Gasteiger partial charge in [0.15, 0.2) is 16.5 Å². The molecule has 0 saturated heterocycles. The number of halogens is 1. The highest BCUT2D eigenvalue weighted by molar-refractivity contribution is 7.99. The second-order valence-electron chi connectivity index (χ2n) is 8.13. The number of aryl methyl sites for hydroxylation is 1. The van der Waals surface area contributed by atoms with E-state index in [-0.39, 0.29) is 31.6 Å². The zero-order valence-corrected chi connectivity index (χ0v) is 20.6. The van der Waals surface area contributed by atoms with E-state index in [9.17, 15) is 14.7 Å². The molecule has 0 bridgehead atoms. The van der Waals surface area contributed by atoms with Crippen molar-refractivity contribution in [2.45, 2.75) is 49.1 Å². The number of carbonyl (C=O) groups is 2. The molecular weight excluding hydrogens is 496 g/mol. The van der Waals surface area contributed by atoms with Crippen LogP contribution < -0.4 is 14.2 Å². The summed E-state index contributed by atoms with van der Waals surface area (Å²) < 4.78 is 17.7. The fraction of sp³-hybridized carbons (Fsp3) is 0.292. The molecule has 3 aromatic rings. The lowest BCUT2D eigenvalue weighted by molar-refractivity contribution is -0.136. The molecule has 35 heavy (non-hydrogen) atoms. The lowest BCUT2D eigenvalue weighted by Gasteiger charge is -2.14. The molecule has 184 valence electrons. The summed E-state index contributed by atoms with van der Waals surface area (Å²) in [7, 11) is 0. The standard InChI is InChI=1S/C24H23ClN2O7S/c1-13(2)21-26-22(35-16-6-3-14(4-7-16)5-8-20(28)29)23(34-24(30)31)27(21)11-15-9-18-19(10-17(15)25)33-12-32-18/h3-4,6-7,9-10,13H,5,8,11-12H2,1-2H3,(H,28,29)(H,30,31). The van der Waals surface area contributed by atoms with Gasteiger partial charge >= 0.3 is 12.1 Å². The average molecular weight is 519 g/mol. The van der Waals surface area contributed by atoms with Gasteiger partial charge < -0.3 is 24.4 Å². The molecule has 2 N–H and O–H groups in total. The number of ether oxygens (including phenoxy) is 3. The fourth-order valence-electron chi connectivity index (χ4n) is 3.61. The number of carboxylic acids is 1. The first kappa shape index (κ1) is 24.7. The molecule has 11 heteroatoms. The first-order valence-corrected chi connectivity index (χ1v) is 12.0. The summed E-state index contributed by atoms with van der Waals surface area (Å²) in [4.78, 5) is 27.9. The molecule has 0 atom stereocenters. The molecule has 0 spiro atoms. The highest BCUT2D eigenvalue weighted by atomic mass is 35.5. The van der Waals surface area contributed by atoms with Crippen molar-refractivity contribution in [2.75, 3.05) is 6.79 Å². The molecule has 2 aromatic carbocycles. The third-order valence-corrected chi connectivity index (χ3v) is 6.58. The van der Waals surface area contributed by atoms with E-state index in [0.717, 1.165) is 10.5 Å². The van der Waals surface area contributed by atoms with Gasteiger partial charge in [-0.2, -0.15) is 0 Å². The second-order valence-corrected chi connectivity index (χ2v) is 9.60. The van der Waals surface area contributed by atoms with Gasteiger partial charge in [-0.3, -0.25) is 9.36 Å². The summed E-state index contributed by atoms with van der Waals surface area (Å²) in [5, 5.41) is 19.1. The molecular formula is C24H23ClN2O7S. The minimum Gasteiger partial charge on any atom is -0.481 e. The van der Waals surface area contributed by atoms with E-state index in [1.165, 1.54) is 11.8 Å². The summed E-state index contributed by atoms with van der Waals surface area (Å²) in [6.45, 7) is 4.24. The van der Waals surface area contributed by atoms with Gasteiger partial charge in [0.25, 0.3) is 0 Å². The van der Waals surface area contributed by atoms with E-state index in [1.807, 2.05) is 38.1 Å². The highest BCUT2D eigenvalue weighted by Crippen LogP contribution is 2.40. The quantitative estimate of drug-likeness (QED) is 0.345. The number of aliphatic carboxylic acids is 1. The lowest BCUT2D eigenvalue weighted by Crippen LogP contribution is -2.13. The normalized spacial score (nSPS) is 12.2. The van der Waals surface area contributed by atoms with Crippen LogP contribution in [0.25, 0.3) is 0 Å². The van der Waals surface area contributed by atoms with Gasteiger partial charge in [-0.05, 0) is 35.7 Å². The molecule has 0 radical (unpaired) electrons. The van der Waals surface area contributed by atoms with Gasteiger partial charge in [-0.1, -0.05) is 49.3 Å². The number of fused-ring (bicyclic) bond motifs is 1. The Morgan fingerprint density at radius 2 is 1.86 bits per heavy atom. The monoisotopic (exact) mass is 518 g/mol. The minimum absolute atomic E-state index is 0.0355. The molecule has 1 aliphatic heterocycles. The molecule has 0 aliphatic carbocycles. The molecule has 4 rings (SSSR count). The number of benzene rings is 2. The zero-order valence-electron chi connectivity index (χ0n) is 19.0. The van der Waals surface area contributed by atoms with Crippen LogP contribution in [-0.2, 0) is 17.8 Å². The lowest BCUT2D eigenvalue weighted by atomic mass is 10.1. The van der Waals surface area contributed by atoms with E-state index in [1.54, 1.807) is 16.7 Å². The Kier molecular flexibility index (Phi) is 7.42. The molecule has 1 aromatic heterocycles. The maximum absolute atomic E-state index is 11.6. The number of hydrogen-bond donors (Lipinski definition) is 2. The Labute approximate surface area is 210 Å². The van der Waals surface area contributed by atoms with Crippen molar-refractivity contribution in [3.8, 4) is 17.4 Å². The highest BCUT2D eigenvalue weighted by Gasteiger charge is 2.25. The van der Waals surface area contributed by atoms with Crippen LogP contribution in [-0.4, -0.2) is 38.7 Å². The van der Waals surface area contributed by atoms with Crippen LogP contribution in [0.3, 0.4) is 0 Å². The topological polar surface area (TPSA) is 120 Å². The van der Waals surface area contributed by atoms with Gasteiger partial charge in [0.05, 0.1) is 6.54 Å². The third kappa shape index (κ3) is 5.83. The number of aromatic nitrogens is 2. The minimum atomic E-state index is -1.45. The van der Waals surface area contributed by atoms with Crippen LogP contribution in [0.5, 0.6) is 17.4 Å². The van der Waals surface area contributed by atoms with Crippen molar-refractivity contribution in [1.29, 1.82) is 0 Å². The summed E-state index contributed by atoms with van der Waals surface area (Å²) in [5.41, 5.74) is 1.59. The summed E-state index contributed by atoms with van der Waals surface area (Å²) in [6, 6.07) is 10.8. The Hall–Kier alpha value is -3.37. The van der Waals surface area contributed by atoms with Crippen LogP contribution in [0, 0.1) is 0 Å². The van der Waals surface area contributed by atoms with Gasteiger partial charge in [0.1, 0.15) is 5.82 Å². The van der Waals surface area contributed by atoms with E-state index in [2.05, 4.69) is 0 Å². The van der Waals surface area contributed by atoms with Crippen molar-refractivity contribution in [3.05, 3.63) is 58.4 Å². The van der Waals surface area contributed by atoms with E-state index in [0.29, 0.717) is 39.4 Å². The fourth-order valence-corrected chi connectivity index (χ4v) is 4.70. The predicted molar refractivity (Wildman–Crippen MR) is 128 cm³/mol. The van der Waals surface area contributed by atoms with Crippen molar-refractivity contribution >= 4 is 35.5 Å². The SMILES string of the molecule is CC(C)c1nc(Sc2ccc(CCC(=O)O)cc2)c(OC(=O)O)n1Cc1cc2c(cc1Cl)OCO2. The van der Waals surface area contributed by atoms with E-state index >= 15 is 0 Å². The number of nitrogens with zero attached hydrogens (tertiary/aromatic N) is 2. The van der Waals surface area contributed by atoms with Gasteiger partial charge in [0.2, 0.25) is 12.7 Å². The first-order chi connectivity index (χ1) is 16.7. The summed E-state index contributed by atoms with van der Waals surface area (Å²) in [6.07, 6.45) is -0.979. The number of hydrogen-bond acceptors (Lipinski definition) is 7. The van der Waals surface area contributed by atoms with Crippen molar-refractivity contribution in [2.24, 2.45) is 0 Å². The van der Waals surface area contributed by atoms with E-state index < -0.39 is 12.1 Å². The number of rotatable bonds is 9. The number of carboxylic acid groups (broad SMARTS) is 2. The number of imidazole rings is 1. The molecule has 0 saturated carbocycles. The Morgan fingerprint density at radius 1 is 1.17 bits per heavy atom. The van der Waals surface area contributed by atoms with Gasteiger partial charge in [-0.15, -0.1) is 0 Å². The van der Waals surface area contributed by atoms with Crippen molar-refractivity contribution in [3.63, 3.8) is 0 Å². The third-order valence-electron chi connectivity index (χ3n) is 5.26. The largest absolute Gasteiger partial charge is 0.512 e.